The molecule has 4 heterocycles. The van der Waals surface area contributed by atoms with E-state index >= 15 is 0 Å². The number of ether oxygens (including phenoxy) is 1. The van der Waals surface area contributed by atoms with Crippen molar-refractivity contribution in [2.24, 2.45) is 11.8 Å². The Kier molecular flexibility index (Phi) is 3.48. The standard InChI is InChI=1S/C23H21N3O4/c1-30-14-10-8-13(9-11-14)26-20(27)18-17-7-4-12-25(17)23(19(18)21(26)28)15-5-2-3-6-16(15)24-22(23)29/h2-3,5-6,8-11,17-19H,4,7,12H2,1H3,(H,24,29)/p+1/t17-,18-,19-,23+/m0/s1. The average molecular weight is 404 g/mol. The van der Waals surface area contributed by atoms with Gasteiger partial charge in [-0.2, -0.15) is 0 Å². The number of quaternary nitrogens is 1. The molecule has 7 heteroatoms. The smallest absolute Gasteiger partial charge is 0.291 e. The number of rotatable bonds is 2. The van der Waals surface area contributed by atoms with Crippen molar-refractivity contribution in [3.05, 3.63) is 54.1 Å². The van der Waals surface area contributed by atoms with Gasteiger partial charge in [0.2, 0.25) is 17.4 Å². The van der Waals surface area contributed by atoms with Gasteiger partial charge in [-0.1, -0.05) is 18.2 Å². The average Bonchev–Trinajstić information content (AvgIpc) is 3.46. The lowest BCUT2D eigenvalue weighted by Gasteiger charge is -2.33. The van der Waals surface area contributed by atoms with E-state index in [1.807, 2.05) is 24.3 Å². The number of fused-ring (bicyclic) bond motifs is 7. The maximum absolute atomic E-state index is 13.8. The summed E-state index contributed by atoms with van der Waals surface area (Å²) in [6.07, 6.45) is 1.80. The van der Waals surface area contributed by atoms with Crippen LogP contribution in [-0.2, 0) is 19.9 Å². The number of imide groups is 1. The van der Waals surface area contributed by atoms with E-state index in [1.165, 1.54) is 4.90 Å². The van der Waals surface area contributed by atoms with E-state index in [0.717, 1.165) is 35.5 Å². The van der Waals surface area contributed by atoms with Crippen LogP contribution < -0.4 is 19.9 Å². The van der Waals surface area contributed by atoms with Crippen LogP contribution in [0.4, 0.5) is 11.4 Å². The number of nitrogens with one attached hydrogen (secondary N) is 2. The molecular weight excluding hydrogens is 382 g/mol. The lowest BCUT2D eigenvalue weighted by molar-refractivity contribution is -0.948. The Morgan fingerprint density at radius 2 is 1.83 bits per heavy atom. The SMILES string of the molecule is COc1ccc(N2C(=O)[C@@H]3[C@@H](C2=O)[C@]2(C(=O)Nc4ccccc42)[NH+]2CCC[C@@H]32)cc1. The van der Waals surface area contributed by atoms with Gasteiger partial charge >= 0.3 is 0 Å². The molecule has 0 bridgehead atoms. The highest BCUT2D eigenvalue weighted by molar-refractivity contribution is 6.25. The Bertz CT molecular complexity index is 1100. The van der Waals surface area contributed by atoms with Gasteiger partial charge in [-0.3, -0.25) is 14.4 Å². The molecule has 2 N–H and O–H groups in total. The Morgan fingerprint density at radius 3 is 2.60 bits per heavy atom. The third-order valence-electron chi connectivity index (χ3n) is 7.46. The van der Waals surface area contributed by atoms with Gasteiger partial charge < -0.3 is 15.0 Å². The van der Waals surface area contributed by atoms with Crippen LogP contribution in [0.1, 0.15) is 18.4 Å². The van der Waals surface area contributed by atoms with Crippen LogP contribution in [-0.4, -0.2) is 37.4 Å². The zero-order valence-corrected chi connectivity index (χ0v) is 16.6. The lowest BCUT2D eigenvalue weighted by Crippen LogP contribution is -3.19. The summed E-state index contributed by atoms with van der Waals surface area (Å²) in [7, 11) is 1.57. The molecule has 1 unspecified atom stereocenters. The summed E-state index contributed by atoms with van der Waals surface area (Å²) in [6.45, 7) is 0.794. The predicted octanol–water partition coefficient (Wildman–Crippen LogP) is 0.709. The van der Waals surface area contributed by atoms with E-state index in [0.29, 0.717) is 11.4 Å². The molecule has 2 aromatic rings. The first-order chi connectivity index (χ1) is 14.6. The van der Waals surface area contributed by atoms with Crippen LogP contribution in [0.5, 0.6) is 5.75 Å². The molecule has 5 atom stereocenters. The second-order valence-electron chi connectivity index (χ2n) is 8.55. The molecule has 2 aromatic carbocycles. The van der Waals surface area contributed by atoms with Crippen molar-refractivity contribution in [1.29, 1.82) is 0 Å². The van der Waals surface area contributed by atoms with Crippen LogP contribution in [0.15, 0.2) is 48.5 Å². The molecule has 0 aromatic heterocycles. The minimum Gasteiger partial charge on any atom is -0.497 e. The highest BCUT2D eigenvalue weighted by atomic mass is 16.5. The Balaban J connectivity index is 1.52. The molecule has 6 rings (SSSR count). The van der Waals surface area contributed by atoms with Gasteiger partial charge in [-0.15, -0.1) is 0 Å². The van der Waals surface area contributed by atoms with Crippen LogP contribution in [0.3, 0.4) is 0 Å². The molecule has 7 nitrogen and oxygen atoms in total. The fourth-order valence-electron chi connectivity index (χ4n) is 6.40. The topological polar surface area (TPSA) is 80.1 Å². The maximum Gasteiger partial charge on any atom is 0.291 e. The van der Waals surface area contributed by atoms with E-state index in [9.17, 15) is 14.4 Å². The van der Waals surface area contributed by atoms with Crippen LogP contribution in [0.2, 0.25) is 0 Å². The Labute approximate surface area is 173 Å². The van der Waals surface area contributed by atoms with Crippen LogP contribution in [0, 0.1) is 11.8 Å². The second kappa shape index (κ2) is 5.92. The van der Waals surface area contributed by atoms with E-state index in [2.05, 4.69) is 5.32 Å². The van der Waals surface area contributed by atoms with Gasteiger partial charge in [0.25, 0.3) is 5.91 Å². The number of nitrogens with zero attached hydrogens (tertiary/aromatic N) is 1. The highest BCUT2D eigenvalue weighted by Gasteiger charge is 2.78. The third-order valence-corrected chi connectivity index (χ3v) is 7.46. The quantitative estimate of drug-likeness (QED) is 0.723. The fourth-order valence-corrected chi connectivity index (χ4v) is 6.40. The molecule has 4 aliphatic heterocycles. The van der Waals surface area contributed by atoms with Crippen molar-refractivity contribution < 1.29 is 24.0 Å². The van der Waals surface area contributed by atoms with Gasteiger partial charge in [-0.25, -0.2) is 4.90 Å². The summed E-state index contributed by atoms with van der Waals surface area (Å²) >= 11 is 0. The number of hydrogen-bond donors (Lipinski definition) is 2. The van der Waals surface area contributed by atoms with Gasteiger partial charge in [0.05, 0.1) is 25.0 Å². The molecule has 3 amide bonds. The number of anilines is 2. The van der Waals surface area contributed by atoms with Crippen LogP contribution in [0.25, 0.3) is 0 Å². The number of hydrogen-bond acceptors (Lipinski definition) is 4. The summed E-state index contributed by atoms with van der Waals surface area (Å²) < 4.78 is 5.20. The third kappa shape index (κ3) is 1.91. The number of carbonyl (C=O) groups excluding carboxylic acids is 3. The number of methoxy groups -OCH3 is 1. The Morgan fingerprint density at radius 1 is 1.07 bits per heavy atom. The monoisotopic (exact) mass is 404 g/mol. The minimum absolute atomic E-state index is 0.0217. The van der Waals surface area contributed by atoms with Gasteiger partial charge in [-0.05, 0) is 30.3 Å². The number of carbonyl (C=O) groups is 3. The number of para-hydroxylation sites is 1. The first kappa shape index (κ1) is 17.7. The summed E-state index contributed by atoms with van der Waals surface area (Å²) in [5, 5.41) is 3.00. The number of benzene rings is 2. The Hall–Kier alpha value is -3.19. The fraction of sp³-hybridized carbons (Fsp3) is 0.348. The van der Waals surface area contributed by atoms with E-state index in [-0.39, 0.29) is 23.8 Å². The first-order valence-corrected chi connectivity index (χ1v) is 10.4. The van der Waals surface area contributed by atoms with E-state index < -0.39 is 17.4 Å². The summed E-state index contributed by atoms with van der Waals surface area (Å²) in [4.78, 5) is 43.2. The molecule has 30 heavy (non-hydrogen) atoms. The molecule has 1 spiro atoms. The van der Waals surface area contributed by atoms with Crippen molar-refractivity contribution in [3.63, 3.8) is 0 Å². The van der Waals surface area contributed by atoms with Crippen molar-refractivity contribution in [1.82, 2.24) is 0 Å². The molecule has 3 fully saturated rings. The van der Waals surface area contributed by atoms with Gasteiger partial charge in [0.1, 0.15) is 23.6 Å². The largest absolute Gasteiger partial charge is 0.497 e. The van der Waals surface area contributed by atoms with Gasteiger partial charge in [0.15, 0.2) is 0 Å². The summed E-state index contributed by atoms with van der Waals surface area (Å²) in [6, 6.07) is 14.5. The molecule has 0 aliphatic carbocycles. The maximum atomic E-state index is 13.8. The van der Waals surface area contributed by atoms with Crippen molar-refractivity contribution in [2.45, 2.75) is 24.4 Å². The zero-order chi connectivity index (χ0) is 20.6. The predicted molar refractivity (Wildman–Crippen MR) is 108 cm³/mol. The molecule has 3 saturated heterocycles. The summed E-state index contributed by atoms with van der Waals surface area (Å²) in [5.41, 5.74) is 1.10. The first-order valence-electron chi connectivity index (χ1n) is 10.4. The number of amides is 3. The van der Waals surface area contributed by atoms with Crippen molar-refractivity contribution in [3.8, 4) is 5.75 Å². The minimum atomic E-state index is -1.03. The normalized spacial score (nSPS) is 33.6. The molecule has 4 aliphatic rings. The molecular formula is C23H22N3O4+. The van der Waals surface area contributed by atoms with Crippen LogP contribution >= 0.6 is 0 Å². The van der Waals surface area contributed by atoms with Gasteiger partial charge in [0, 0.05) is 18.4 Å². The van der Waals surface area contributed by atoms with Crippen molar-refractivity contribution >= 4 is 29.1 Å². The zero-order valence-electron chi connectivity index (χ0n) is 16.6. The second-order valence-corrected chi connectivity index (χ2v) is 8.55. The molecule has 0 saturated carbocycles. The lowest BCUT2D eigenvalue weighted by atomic mass is 9.75. The molecule has 152 valence electrons. The summed E-state index contributed by atoms with van der Waals surface area (Å²) in [5.74, 6) is -1.12. The van der Waals surface area contributed by atoms with Crippen molar-refractivity contribution in [2.75, 3.05) is 23.9 Å². The highest BCUT2D eigenvalue weighted by Crippen LogP contribution is 2.52. The van der Waals surface area contributed by atoms with E-state index in [1.54, 1.807) is 31.4 Å². The van der Waals surface area contributed by atoms with E-state index in [4.69, 9.17) is 4.74 Å². The molecule has 0 radical (unpaired) electrons.